The van der Waals surface area contributed by atoms with Gasteiger partial charge in [-0.05, 0) is 12.5 Å². The van der Waals surface area contributed by atoms with E-state index in [0.29, 0.717) is 5.92 Å². The third kappa shape index (κ3) is 1.76. The van der Waals surface area contributed by atoms with E-state index in [-0.39, 0.29) is 11.8 Å². The fraction of sp³-hybridized carbons (Fsp3) is 0.875. The number of nitrogens with zero attached hydrogens (tertiary/aromatic N) is 1. The van der Waals surface area contributed by atoms with Crippen molar-refractivity contribution in [1.82, 2.24) is 10.4 Å². The molecule has 0 bridgehead atoms. The summed E-state index contributed by atoms with van der Waals surface area (Å²) >= 11 is 0. The smallest absolute Gasteiger partial charge is 0.250 e. The Morgan fingerprint density at radius 1 is 1.58 bits per heavy atom. The molecule has 4 heteroatoms. The Morgan fingerprint density at radius 3 is 2.67 bits per heavy atom. The van der Waals surface area contributed by atoms with Gasteiger partial charge < -0.3 is 5.32 Å². The number of nitrogens with one attached hydrogen (secondary N) is 1. The van der Waals surface area contributed by atoms with Crippen molar-refractivity contribution < 1.29 is 9.63 Å². The first-order valence-corrected chi connectivity index (χ1v) is 4.19. The van der Waals surface area contributed by atoms with Crippen LogP contribution in [0.25, 0.3) is 0 Å². The summed E-state index contributed by atoms with van der Waals surface area (Å²) in [7, 11) is 3.15. The summed E-state index contributed by atoms with van der Waals surface area (Å²) in [5, 5.41) is 4.48. The van der Waals surface area contributed by atoms with Gasteiger partial charge in [-0.3, -0.25) is 9.63 Å². The number of rotatable bonds is 2. The molecule has 2 atom stereocenters. The van der Waals surface area contributed by atoms with E-state index in [0.717, 1.165) is 13.1 Å². The van der Waals surface area contributed by atoms with E-state index < -0.39 is 0 Å². The van der Waals surface area contributed by atoms with E-state index in [2.05, 4.69) is 12.2 Å². The normalized spacial score (nSPS) is 28.9. The van der Waals surface area contributed by atoms with Crippen LogP contribution in [-0.2, 0) is 9.63 Å². The highest BCUT2D eigenvalue weighted by molar-refractivity contribution is 5.78. The standard InChI is InChI=1S/C8H16N2O2/c1-6-4-9-5-7(6)8(11)10(2)12-3/h6-7,9H,4-5H2,1-3H3/t6-,7-/m1/s1. The van der Waals surface area contributed by atoms with Gasteiger partial charge in [0.15, 0.2) is 0 Å². The van der Waals surface area contributed by atoms with Crippen LogP contribution in [0.2, 0.25) is 0 Å². The molecule has 0 aliphatic carbocycles. The largest absolute Gasteiger partial charge is 0.316 e. The lowest BCUT2D eigenvalue weighted by atomic mass is 9.97. The van der Waals surface area contributed by atoms with Crippen molar-refractivity contribution in [2.24, 2.45) is 11.8 Å². The zero-order valence-electron chi connectivity index (χ0n) is 7.83. The predicted octanol–water partition coefficient (Wildman–Crippen LogP) is -0.138. The lowest BCUT2D eigenvalue weighted by molar-refractivity contribution is -0.173. The van der Waals surface area contributed by atoms with E-state index in [1.165, 1.54) is 12.2 Å². The third-order valence-electron chi connectivity index (χ3n) is 2.42. The Labute approximate surface area is 72.8 Å². The first kappa shape index (κ1) is 9.48. The molecule has 0 radical (unpaired) electrons. The zero-order valence-corrected chi connectivity index (χ0v) is 7.83. The topological polar surface area (TPSA) is 41.6 Å². The van der Waals surface area contributed by atoms with Crippen LogP contribution in [0, 0.1) is 11.8 Å². The molecule has 0 spiro atoms. The van der Waals surface area contributed by atoms with Crippen LogP contribution in [0.15, 0.2) is 0 Å². The number of hydrogen-bond acceptors (Lipinski definition) is 3. The summed E-state index contributed by atoms with van der Waals surface area (Å²) in [5.74, 6) is 0.556. The molecule has 4 nitrogen and oxygen atoms in total. The molecule has 1 heterocycles. The minimum absolute atomic E-state index is 0.0648. The summed E-state index contributed by atoms with van der Waals surface area (Å²) in [4.78, 5) is 16.4. The second kappa shape index (κ2) is 3.87. The zero-order chi connectivity index (χ0) is 9.14. The molecule has 1 saturated heterocycles. The number of carbonyl (C=O) groups is 1. The average molecular weight is 172 g/mol. The Balaban J connectivity index is 2.51. The van der Waals surface area contributed by atoms with Crippen molar-refractivity contribution >= 4 is 5.91 Å². The molecule has 70 valence electrons. The van der Waals surface area contributed by atoms with Crippen LogP contribution in [0.1, 0.15) is 6.92 Å². The summed E-state index contributed by atoms with van der Waals surface area (Å²) < 4.78 is 0. The number of hydroxylamine groups is 2. The SMILES string of the molecule is CON(C)C(=O)[C@@H]1CNC[C@H]1C. The summed E-state index contributed by atoms with van der Waals surface area (Å²) in [6.45, 7) is 3.77. The monoisotopic (exact) mass is 172 g/mol. The van der Waals surface area contributed by atoms with Gasteiger partial charge >= 0.3 is 0 Å². The maximum atomic E-state index is 11.5. The van der Waals surface area contributed by atoms with Crippen molar-refractivity contribution in [3.05, 3.63) is 0 Å². The van der Waals surface area contributed by atoms with Crippen LogP contribution < -0.4 is 5.32 Å². The molecule has 12 heavy (non-hydrogen) atoms. The van der Waals surface area contributed by atoms with Gasteiger partial charge in [-0.15, -0.1) is 0 Å². The van der Waals surface area contributed by atoms with Crippen LogP contribution in [0.3, 0.4) is 0 Å². The second-order valence-electron chi connectivity index (χ2n) is 3.26. The van der Waals surface area contributed by atoms with Crippen molar-refractivity contribution in [3.8, 4) is 0 Å². The maximum absolute atomic E-state index is 11.5. The van der Waals surface area contributed by atoms with Crippen molar-refractivity contribution in [1.29, 1.82) is 0 Å². The number of amides is 1. The second-order valence-corrected chi connectivity index (χ2v) is 3.26. The Kier molecular flexibility index (Phi) is 3.05. The number of hydrogen-bond donors (Lipinski definition) is 1. The summed E-state index contributed by atoms with van der Waals surface area (Å²) in [6, 6.07) is 0. The molecule has 0 aromatic rings. The molecular weight excluding hydrogens is 156 g/mol. The molecule has 0 aromatic carbocycles. The van der Waals surface area contributed by atoms with E-state index in [1.54, 1.807) is 7.05 Å². The molecule has 0 unspecified atom stereocenters. The predicted molar refractivity (Wildman–Crippen MR) is 45.3 cm³/mol. The Hall–Kier alpha value is -0.610. The average Bonchev–Trinajstić information content (AvgIpc) is 2.48. The fourth-order valence-electron chi connectivity index (χ4n) is 1.46. The Morgan fingerprint density at radius 2 is 2.25 bits per heavy atom. The Bertz CT molecular complexity index is 172. The van der Waals surface area contributed by atoms with Crippen molar-refractivity contribution in [2.45, 2.75) is 6.92 Å². The first-order valence-electron chi connectivity index (χ1n) is 4.19. The van der Waals surface area contributed by atoms with Gasteiger partial charge in [0, 0.05) is 13.6 Å². The van der Waals surface area contributed by atoms with Gasteiger partial charge in [0.2, 0.25) is 0 Å². The molecule has 0 saturated carbocycles. The van der Waals surface area contributed by atoms with Gasteiger partial charge in [0.25, 0.3) is 5.91 Å². The van der Waals surface area contributed by atoms with Gasteiger partial charge in [-0.2, -0.15) is 0 Å². The van der Waals surface area contributed by atoms with E-state index >= 15 is 0 Å². The van der Waals surface area contributed by atoms with Crippen LogP contribution in [0.4, 0.5) is 0 Å². The quantitative estimate of drug-likeness (QED) is 0.589. The molecule has 1 fully saturated rings. The molecular formula is C8H16N2O2. The summed E-state index contributed by atoms with van der Waals surface area (Å²) in [6.07, 6.45) is 0. The van der Waals surface area contributed by atoms with Gasteiger partial charge in [0.1, 0.15) is 0 Å². The fourth-order valence-corrected chi connectivity index (χ4v) is 1.46. The van der Waals surface area contributed by atoms with Gasteiger partial charge in [-0.1, -0.05) is 6.92 Å². The molecule has 1 amide bonds. The lowest BCUT2D eigenvalue weighted by Gasteiger charge is -2.20. The molecule has 1 aliphatic heterocycles. The molecule has 1 rings (SSSR count). The van der Waals surface area contributed by atoms with Crippen molar-refractivity contribution in [3.63, 3.8) is 0 Å². The van der Waals surface area contributed by atoms with Crippen LogP contribution >= 0.6 is 0 Å². The van der Waals surface area contributed by atoms with Crippen molar-refractivity contribution in [2.75, 3.05) is 27.2 Å². The molecule has 1 aliphatic rings. The lowest BCUT2D eigenvalue weighted by Crippen LogP contribution is -2.35. The van der Waals surface area contributed by atoms with Gasteiger partial charge in [-0.25, -0.2) is 5.06 Å². The summed E-state index contributed by atoms with van der Waals surface area (Å²) in [5.41, 5.74) is 0. The number of carbonyl (C=O) groups excluding carboxylic acids is 1. The van der Waals surface area contributed by atoms with Crippen LogP contribution in [-0.4, -0.2) is 38.2 Å². The van der Waals surface area contributed by atoms with Gasteiger partial charge in [0.05, 0.1) is 13.0 Å². The highest BCUT2D eigenvalue weighted by Gasteiger charge is 2.31. The van der Waals surface area contributed by atoms with E-state index in [1.807, 2.05) is 0 Å². The minimum atomic E-state index is 0.0648. The highest BCUT2D eigenvalue weighted by atomic mass is 16.7. The van der Waals surface area contributed by atoms with Crippen LogP contribution in [0.5, 0.6) is 0 Å². The first-order chi connectivity index (χ1) is 5.66. The third-order valence-corrected chi connectivity index (χ3v) is 2.42. The molecule has 1 N–H and O–H groups in total. The molecule has 0 aromatic heterocycles. The van der Waals surface area contributed by atoms with E-state index in [4.69, 9.17) is 4.84 Å². The van der Waals surface area contributed by atoms with E-state index in [9.17, 15) is 4.79 Å². The maximum Gasteiger partial charge on any atom is 0.250 e. The highest BCUT2D eigenvalue weighted by Crippen LogP contribution is 2.17. The minimum Gasteiger partial charge on any atom is -0.316 e.